The number of hydrogen-bond acceptors (Lipinski definition) is 4. The summed E-state index contributed by atoms with van der Waals surface area (Å²) in [6.45, 7) is 4.40. The predicted octanol–water partition coefficient (Wildman–Crippen LogP) is 2.65. The van der Waals surface area contributed by atoms with Crippen LogP contribution in [-0.2, 0) is 6.54 Å². The number of benzene rings is 1. The quantitative estimate of drug-likeness (QED) is 0.901. The van der Waals surface area contributed by atoms with E-state index >= 15 is 0 Å². The van der Waals surface area contributed by atoms with Crippen molar-refractivity contribution in [1.29, 1.82) is 0 Å². The number of likely N-dealkylation sites (tertiary alicyclic amines) is 1. The van der Waals surface area contributed by atoms with Gasteiger partial charge in [-0.05, 0) is 53.4 Å². The van der Waals surface area contributed by atoms with Crippen LogP contribution in [0.4, 0.5) is 0 Å². The van der Waals surface area contributed by atoms with Gasteiger partial charge >= 0.3 is 0 Å². The fraction of sp³-hybridized carbons (Fsp3) is 0.625. The van der Waals surface area contributed by atoms with Crippen LogP contribution >= 0.6 is 15.9 Å². The van der Waals surface area contributed by atoms with Crippen LogP contribution in [0.25, 0.3) is 0 Å². The smallest absolute Gasteiger partial charge is 0.133 e. The Morgan fingerprint density at radius 3 is 2.76 bits per heavy atom. The summed E-state index contributed by atoms with van der Waals surface area (Å²) >= 11 is 3.52. The second-order valence-corrected chi connectivity index (χ2v) is 6.81. The summed E-state index contributed by atoms with van der Waals surface area (Å²) in [5.74, 6) is 2.59. The van der Waals surface area contributed by atoms with Crippen LogP contribution < -0.4 is 14.8 Å². The minimum absolute atomic E-state index is 0.669. The average Bonchev–Trinajstić information content (AvgIpc) is 2.90. The molecular formula is C16H23BrN2O2. The number of rotatable bonds is 4. The zero-order valence-corrected chi connectivity index (χ0v) is 14.3. The Hall–Kier alpha value is -0.780. The zero-order chi connectivity index (χ0) is 14.8. The molecule has 0 bridgehead atoms. The van der Waals surface area contributed by atoms with Crippen molar-refractivity contribution in [2.24, 2.45) is 5.92 Å². The molecule has 2 heterocycles. The van der Waals surface area contributed by atoms with Crippen molar-refractivity contribution in [2.75, 3.05) is 33.9 Å². The molecule has 2 fully saturated rings. The van der Waals surface area contributed by atoms with Crippen LogP contribution in [-0.4, -0.2) is 44.8 Å². The summed E-state index contributed by atoms with van der Waals surface area (Å²) in [5, 5.41) is 3.65. The molecule has 4 nitrogen and oxygen atoms in total. The number of fused-ring (bicyclic) bond motifs is 1. The first-order valence-corrected chi connectivity index (χ1v) is 8.36. The molecule has 0 unspecified atom stereocenters. The number of nitrogens with zero attached hydrogens (tertiary/aromatic N) is 1. The van der Waals surface area contributed by atoms with Gasteiger partial charge in [0, 0.05) is 31.2 Å². The lowest BCUT2D eigenvalue weighted by Crippen LogP contribution is -2.40. The molecule has 1 N–H and O–H groups in total. The van der Waals surface area contributed by atoms with E-state index in [0.29, 0.717) is 6.04 Å². The Bertz CT molecular complexity index is 495. The normalized spacial score (nSPS) is 25.7. The van der Waals surface area contributed by atoms with Crippen LogP contribution in [0.1, 0.15) is 18.4 Å². The van der Waals surface area contributed by atoms with Crippen LogP contribution in [0.15, 0.2) is 16.6 Å². The largest absolute Gasteiger partial charge is 0.496 e. The topological polar surface area (TPSA) is 33.7 Å². The molecule has 1 aromatic rings. The van der Waals surface area contributed by atoms with Crippen molar-refractivity contribution in [1.82, 2.24) is 10.2 Å². The lowest BCUT2D eigenvalue weighted by molar-refractivity contribution is 0.304. The van der Waals surface area contributed by atoms with Gasteiger partial charge in [0.05, 0.1) is 18.7 Å². The Labute approximate surface area is 134 Å². The van der Waals surface area contributed by atoms with Crippen molar-refractivity contribution in [2.45, 2.75) is 25.4 Å². The maximum atomic E-state index is 5.53. The second kappa shape index (κ2) is 6.55. The van der Waals surface area contributed by atoms with Gasteiger partial charge in [0.15, 0.2) is 0 Å². The van der Waals surface area contributed by atoms with Gasteiger partial charge in [-0.1, -0.05) is 0 Å². The highest BCUT2D eigenvalue weighted by atomic mass is 79.9. The summed E-state index contributed by atoms with van der Waals surface area (Å²) in [6, 6.07) is 4.75. The van der Waals surface area contributed by atoms with E-state index in [2.05, 4.69) is 32.2 Å². The number of ether oxygens (including phenoxy) is 2. The molecule has 0 spiro atoms. The molecule has 0 saturated carbocycles. The van der Waals surface area contributed by atoms with E-state index in [4.69, 9.17) is 9.47 Å². The van der Waals surface area contributed by atoms with Crippen molar-refractivity contribution < 1.29 is 9.47 Å². The third-order valence-electron chi connectivity index (χ3n) is 4.62. The van der Waals surface area contributed by atoms with Crippen molar-refractivity contribution in [3.63, 3.8) is 0 Å². The lowest BCUT2D eigenvalue weighted by Gasteiger charge is -2.24. The molecular weight excluding hydrogens is 332 g/mol. The van der Waals surface area contributed by atoms with Crippen molar-refractivity contribution in [3.8, 4) is 11.5 Å². The van der Waals surface area contributed by atoms with Crippen molar-refractivity contribution >= 4 is 15.9 Å². The average molecular weight is 355 g/mol. The monoisotopic (exact) mass is 354 g/mol. The molecule has 1 aromatic carbocycles. The minimum Gasteiger partial charge on any atom is -0.496 e. The van der Waals surface area contributed by atoms with E-state index in [0.717, 1.165) is 35.0 Å². The van der Waals surface area contributed by atoms with Gasteiger partial charge < -0.3 is 14.8 Å². The highest BCUT2D eigenvalue weighted by Crippen LogP contribution is 2.34. The van der Waals surface area contributed by atoms with Gasteiger partial charge in [0.1, 0.15) is 11.5 Å². The molecule has 0 aliphatic carbocycles. The third-order valence-corrected chi connectivity index (χ3v) is 5.24. The number of halogens is 1. The molecule has 0 radical (unpaired) electrons. The number of methoxy groups -OCH3 is 2. The summed E-state index contributed by atoms with van der Waals surface area (Å²) in [4.78, 5) is 2.53. The molecule has 2 aliphatic heterocycles. The SMILES string of the molecule is COc1cc(CN2C[C@@H]3CCCN[C@@H]3C2)c(OC)cc1Br. The maximum Gasteiger partial charge on any atom is 0.133 e. The minimum atomic E-state index is 0.669. The van der Waals surface area contributed by atoms with Gasteiger partial charge in [0.25, 0.3) is 0 Å². The lowest BCUT2D eigenvalue weighted by atomic mass is 9.94. The second-order valence-electron chi connectivity index (χ2n) is 5.96. The summed E-state index contributed by atoms with van der Waals surface area (Å²) in [5.41, 5.74) is 1.19. The molecule has 2 aliphatic rings. The molecule has 5 heteroatoms. The summed E-state index contributed by atoms with van der Waals surface area (Å²) in [6.07, 6.45) is 2.67. The van der Waals surface area contributed by atoms with Crippen LogP contribution in [0.2, 0.25) is 0 Å². The summed E-state index contributed by atoms with van der Waals surface area (Å²) < 4.78 is 11.9. The van der Waals surface area contributed by atoms with Crippen molar-refractivity contribution in [3.05, 3.63) is 22.2 Å². The highest BCUT2D eigenvalue weighted by molar-refractivity contribution is 9.10. The number of piperidine rings is 1. The molecule has 21 heavy (non-hydrogen) atoms. The first-order valence-electron chi connectivity index (χ1n) is 7.57. The number of hydrogen-bond donors (Lipinski definition) is 1. The Balaban J connectivity index is 1.75. The molecule has 0 aromatic heterocycles. The molecule has 2 saturated heterocycles. The first kappa shape index (κ1) is 15.1. The van der Waals surface area contributed by atoms with Crippen LogP contribution in [0, 0.1) is 5.92 Å². The van der Waals surface area contributed by atoms with E-state index in [1.807, 2.05) is 6.07 Å². The Morgan fingerprint density at radius 2 is 2.05 bits per heavy atom. The Kier molecular flexibility index (Phi) is 4.72. The number of nitrogens with one attached hydrogen (secondary N) is 1. The van der Waals surface area contributed by atoms with Crippen LogP contribution in [0.3, 0.4) is 0 Å². The highest BCUT2D eigenvalue weighted by Gasteiger charge is 2.34. The van der Waals surface area contributed by atoms with E-state index in [1.54, 1.807) is 14.2 Å². The van der Waals surface area contributed by atoms with Gasteiger partial charge in [-0.3, -0.25) is 4.90 Å². The van der Waals surface area contributed by atoms with Gasteiger partial charge in [-0.25, -0.2) is 0 Å². The van der Waals surface area contributed by atoms with Gasteiger partial charge in [-0.2, -0.15) is 0 Å². The van der Waals surface area contributed by atoms with E-state index in [-0.39, 0.29) is 0 Å². The fourth-order valence-corrected chi connectivity index (χ4v) is 4.04. The standard InChI is InChI=1S/C16H23BrN2O2/c1-20-15-7-13(17)16(21-2)6-12(15)9-19-8-11-4-3-5-18-14(11)10-19/h6-7,11,14,18H,3-5,8-10H2,1-2H3/t11-,14+/m0/s1. The van der Waals surface area contributed by atoms with E-state index in [1.165, 1.54) is 31.5 Å². The molecule has 2 atom stereocenters. The van der Waals surface area contributed by atoms with Gasteiger partial charge in [-0.15, -0.1) is 0 Å². The van der Waals surface area contributed by atoms with Gasteiger partial charge in [0.2, 0.25) is 0 Å². The van der Waals surface area contributed by atoms with E-state index in [9.17, 15) is 0 Å². The zero-order valence-electron chi connectivity index (χ0n) is 12.7. The molecule has 3 rings (SSSR count). The fourth-order valence-electron chi connectivity index (χ4n) is 3.55. The molecule has 116 valence electrons. The summed E-state index contributed by atoms with van der Waals surface area (Å²) in [7, 11) is 3.42. The molecule has 0 amide bonds. The van der Waals surface area contributed by atoms with E-state index < -0.39 is 0 Å². The predicted molar refractivity (Wildman–Crippen MR) is 87.0 cm³/mol. The maximum absolute atomic E-state index is 5.53. The van der Waals surface area contributed by atoms with Crippen LogP contribution in [0.5, 0.6) is 11.5 Å². The Morgan fingerprint density at radius 1 is 1.24 bits per heavy atom. The first-order chi connectivity index (χ1) is 10.2. The third kappa shape index (κ3) is 3.20.